The van der Waals surface area contributed by atoms with Crippen LogP contribution in [0.4, 0.5) is 0 Å². The number of carbonyl (C=O) groups excluding carboxylic acids is 2. The molecular formula is C10H11NO5. The highest BCUT2D eigenvalue weighted by atomic mass is 16.5. The third-order valence-corrected chi connectivity index (χ3v) is 1.95. The molecule has 0 saturated carbocycles. The second-order valence-corrected chi connectivity index (χ2v) is 3.08. The van der Waals surface area contributed by atoms with E-state index in [-0.39, 0.29) is 17.9 Å². The van der Waals surface area contributed by atoms with Gasteiger partial charge in [0.25, 0.3) is 5.78 Å². The third-order valence-electron chi connectivity index (χ3n) is 1.95. The van der Waals surface area contributed by atoms with Crippen molar-refractivity contribution in [1.82, 2.24) is 4.57 Å². The minimum absolute atomic E-state index is 0.0435. The van der Waals surface area contributed by atoms with Crippen LogP contribution in [0.5, 0.6) is 0 Å². The summed E-state index contributed by atoms with van der Waals surface area (Å²) in [6.45, 7) is 1.87. The molecule has 0 aliphatic heterocycles. The lowest BCUT2D eigenvalue weighted by Crippen LogP contribution is -2.11. The Bertz CT molecular complexity index is 446. The molecule has 1 heterocycles. The molecule has 0 aliphatic carbocycles. The summed E-state index contributed by atoms with van der Waals surface area (Å²) in [5.74, 6) is -3.19. The quantitative estimate of drug-likeness (QED) is 0.457. The first kappa shape index (κ1) is 12.0. The van der Waals surface area contributed by atoms with Crippen molar-refractivity contribution in [3.63, 3.8) is 0 Å². The number of carbonyl (C=O) groups is 3. The molecule has 6 nitrogen and oxygen atoms in total. The fourth-order valence-corrected chi connectivity index (χ4v) is 1.22. The van der Waals surface area contributed by atoms with Crippen molar-refractivity contribution in [3.05, 3.63) is 23.5 Å². The molecule has 1 N–H and O–H groups in total. The van der Waals surface area contributed by atoms with Gasteiger partial charge in [-0.3, -0.25) is 4.79 Å². The third kappa shape index (κ3) is 2.28. The number of hydrogen-bond donors (Lipinski definition) is 1. The van der Waals surface area contributed by atoms with Gasteiger partial charge in [0.05, 0.1) is 6.61 Å². The first-order valence-corrected chi connectivity index (χ1v) is 4.58. The molecule has 0 fully saturated rings. The summed E-state index contributed by atoms with van der Waals surface area (Å²) in [5, 5.41) is 8.50. The van der Waals surface area contributed by atoms with Crippen LogP contribution in [-0.4, -0.2) is 34.0 Å². The van der Waals surface area contributed by atoms with E-state index < -0.39 is 17.7 Å². The number of carboxylic acids is 1. The molecule has 0 spiro atoms. The summed E-state index contributed by atoms with van der Waals surface area (Å²) in [6, 6.07) is 1.20. The van der Waals surface area contributed by atoms with Crippen molar-refractivity contribution in [2.75, 3.05) is 6.61 Å². The standard InChI is InChI=1S/C10H11NO5/c1-3-16-10(15)7-4-6(5-11(7)2)8(12)9(13)14/h4-5H,3H2,1-2H3,(H,13,14). The second kappa shape index (κ2) is 4.61. The smallest absolute Gasteiger partial charge is 0.377 e. The molecule has 0 bridgehead atoms. The van der Waals surface area contributed by atoms with Crippen LogP contribution in [0.3, 0.4) is 0 Å². The largest absolute Gasteiger partial charge is 0.475 e. The monoisotopic (exact) mass is 225 g/mol. The molecule has 86 valence electrons. The number of Topliss-reactive ketones (excluding diaryl/α,β-unsaturated/α-hetero) is 1. The number of rotatable bonds is 4. The molecule has 1 aromatic heterocycles. The number of ether oxygens (including phenoxy) is 1. The fraction of sp³-hybridized carbons (Fsp3) is 0.300. The van der Waals surface area contributed by atoms with E-state index in [1.807, 2.05) is 0 Å². The molecule has 0 aromatic carbocycles. The SMILES string of the molecule is CCOC(=O)c1cc(C(=O)C(=O)O)cn1C. The number of esters is 1. The summed E-state index contributed by atoms with van der Waals surface area (Å²) in [6.07, 6.45) is 1.28. The van der Waals surface area contributed by atoms with Crippen molar-refractivity contribution < 1.29 is 24.2 Å². The number of aromatic nitrogens is 1. The topological polar surface area (TPSA) is 85.6 Å². The van der Waals surface area contributed by atoms with Crippen LogP contribution < -0.4 is 0 Å². The van der Waals surface area contributed by atoms with E-state index in [0.717, 1.165) is 0 Å². The van der Waals surface area contributed by atoms with Crippen LogP contribution in [0.25, 0.3) is 0 Å². The van der Waals surface area contributed by atoms with E-state index in [4.69, 9.17) is 9.84 Å². The maximum atomic E-state index is 11.4. The van der Waals surface area contributed by atoms with Crippen molar-refractivity contribution in [2.24, 2.45) is 7.05 Å². The maximum Gasteiger partial charge on any atom is 0.377 e. The van der Waals surface area contributed by atoms with Crippen LogP contribution >= 0.6 is 0 Å². The molecule has 0 aliphatic rings. The van der Waals surface area contributed by atoms with Gasteiger partial charge in [-0.25, -0.2) is 9.59 Å². The zero-order chi connectivity index (χ0) is 12.3. The predicted octanol–water partition coefficient (Wildman–Crippen LogP) is 0.469. The Morgan fingerprint density at radius 2 is 2.06 bits per heavy atom. The first-order valence-electron chi connectivity index (χ1n) is 4.58. The summed E-state index contributed by atoms with van der Waals surface area (Å²) in [4.78, 5) is 32.9. The molecule has 16 heavy (non-hydrogen) atoms. The highest BCUT2D eigenvalue weighted by Crippen LogP contribution is 2.09. The molecule has 0 amide bonds. The van der Waals surface area contributed by atoms with Gasteiger partial charge in [-0.2, -0.15) is 0 Å². The van der Waals surface area contributed by atoms with Gasteiger partial charge >= 0.3 is 11.9 Å². The summed E-state index contributed by atoms with van der Waals surface area (Å²) in [5.41, 5.74) is 0.101. The zero-order valence-electron chi connectivity index (χ0n) is 8.89. The van der Waals surface area contributed by atoms with Gasteiger partial charge in [0.2, 0.25) is 0 Å². The Balaban J connectivity index is 3.03. The molecule has 0 saturated heterocycles. The van der Waals surface area contributed by atoms with Crippen LogP contribution in [0, 0.1) is 0 Å². The molecule has 1 rings (SSSR count). The molecular weight excluding hydrogens is 214 g/mol. The number of aliphatic carboxylic acids is 1. The van der Waals surface area contributed by atoms with Gasteiger partial charge in [0.15, 0.2) is 0 Å². The summed E-state index contributed by atoms with van der Waals surface area (Å²) in [7, 11) is 1.53. The Morgan fingerprint density at radius 1 is 1.44 bits per heavy atom. The first-order chi connectivity index (χ1) is 7.47. The van der Waals surface area contributed by atoms with Gasteiger partial charge in [-0.05, 0) is 13.0 Å². The molecule has 0 unspecified atom stereocenters. The Kier molecular flexibility index (Phi) is 3.44. The number of hydrogen-bond acceptors (Lipinski definition) is 4. The van der Waals surface area contributed by atoms with E-state index >= 15 is 0 Å². The number of carboxylic acid groups (broad SMARTS) is 1. The Morgan fingerprint density at radius 3 is 2.56 bits per heavy atom. The van der Waals surface area contributed by atoms with Gasteiger partial charge in [-0.15, -0.1) is 0 Å². The van der Waals surface area contributed by atoms with Crippen LogP contribution in [-0.2, 0) is 16.6 Å². The minimum Gasteiger partial charge on any atom is -0.475 e. The van der Waals surface area contributed by atoms with E-state index in [2.05, 4.69) is 0 Å². The highest BCUT2D eigenvalue weighted by Gasteiger charge is 2.20. The second-order valence-electron chi connectivity index (χ2n) is 3.08. The highest BCUT2D eigenvalue weighted by molar-refractivity contribution is 6.40. The normalized spacial score (nSPS) is 9.88. The lowest BCUT2D eigenvalue weighted by atomic mass is 10.2. The van der Waals surface area contributed by atoms with Gasteiger partial charge < -0.3 is 14.4 Å². The maximum absolute atomic E-state index is 11.4. The van der Waals surface area contributed by atoms with Crippen molar-refractivity contribution in [1.29, 1.82) is 0 Å². The lowest BCUT2D eigenvalue weighted by molar-refractivity contribution is -0.131. The summed E-state index contributed by atoms with van der Waals surface area (Å²) < 4.78 is 6.10. The average molecular weight is 225 g/mol. The molecule has 0 atom stereocenters. The zero-order valence-corrected chi connectivity index (χ0v) is 8.89. The summed E-state index contributed by atoms with van der Waals surface area (Å²) >= 11 is 0. The van der Waals surface area contributed by atoms with Crippen molar-refractivity contribution in [2.45, 2.75) is 6.92 Å². The number of ketones is 1. The van der Waals surface area contributed by atoms with Crippen molar-refractivity contribution in [3.8, 4) is 0 Å². The average Bonchev–Trinajstić information content (AvgIpc) is 2.59. The van der Waals surface area contributed by atoms with E-state index in [0.29, 0.717) is 0 Å². The molecule has 1 aromatic rings. The number of aryl methyl sites for hydroxylation is 1. The lowest BCUT2D eigenvalue weighted by Gasteiger charge is -2.01. The van der Waals surface area contributed by atoms with Gasteiger partial charge in [0, 0.05) is 18.8 Å². The van der Waals surface area contributed by atoms with Gasteiger partial charge in [-0.1, -0.05) is 0 Å². The predicted molar refractivity (Wildman–Crippen MR) is 53.3 cm³/mol. The van der Waals surface area contributed by atoms with E-state index in [1.165, 1.54) is 23.9 Å². The number of nitrogens with zero attached hydrogens (tertiary/aromatic N) is 1. The molecule has 6 heteroatoms. The van der Waals surface area contributed by atoms with Gasteiger partial charge in [0.1, 0.15) is 5.69 Å². The van der Waals surface area contributed by atoms with Crippen LogP contribution in [0.15, 0.2) is 12.3 Å². The Hall–Kier alpha value is -2.11. The van der Waals surface area contributed by atoms with E-state index in [1.54, 1.807) is 6.92 Å². The Labute approximate surface area is 91.4 Å². The van der Waals surface area contributed by atoms with Crippen LogP contribution in [0.2, 0.25) is 0 Å². The van der Waals surface area contributed by atoms with E-state index in [9.17, 15) is 14.4 Å². The van der Waals surface area contributed by atoms with Crippen molar-refractivity contribution >= 4 is 17.7 Å². The molecule has 0 radical (unpaired) electrons. The minimum atomic E-state index is -1.55. The fourth-order valence-electron chi connectivity index (χ4n) is 1.22. The van der Waals surface area contributed by atoms with Crippen LogP contribution in [0.1, 0.15) is 27.8 Å².